The minimum Gasteiger partial charge on any atom is -0.493 e. The smallest absolute Gasteiger partial charge is 0.161 e. The molecule has 0 atom stereocenters. The lowest BCUT2D eigenvalue weighted by Gasteiger charge is -2.12. The van der Waals surface area contributed by atoms with Gasteiger partial charge in [-0.2, -0.15) is 0 Å². The standard InChI is InChI=1S/C21H29NO3/c1-3-24-14-15-25-20-12-11-19(16-21(20)23-2)17-22-13-7-10-18-8-5-4-6-9-18/h4-6,8-9,11-12,16,22H,3,7,10,13-15,17H2,1-2H3. The molecule has 4 heteroatoms. The first-order chi connectivity index (χ1) is 12.3. The number of hydrogen-bond acceptors (Lipinski definition) is 4. The fraction of sp³-hybridized carbons (Fsp3) is 0.429. The van der Waals surface area contributed by atoms with Gasteiger partial charge in [0.15, 0.2) is 11.5 Å². The number of rotatable bonds is 12. The average Bonchev–Trinajstić information content (AvgIpc) is 2.66. The molecule has 1 N–H and O–H groups in total. The maximum absolute atomic E-state index is 5.71. The Balaban J connectivity index is 1.72. The van der Waals surface area contributed by atoms with Crippen LogP contribution in [-0.4, -0.2) is 33.5 Å². The Bertz CT molecular complexity index is 601. The highest BCUT2D eigenvalue weighted by Crippen LogP contribution is 2.28. The molecule has 0 saturated heterocycles. The van der Waals surface area contributed by atoms with Crippen molar-refractivity contribution in [2.45, 2.75) is 26.3 Å². The Morgan fingerprint density at radius 2 is 1.76 bits per heavy atom. The molecule has 0 saturated carbocycles. The molecule has 2 aromatic carbocycles. The van der Waals surface area contributed by atoms with Crippen LogP contribution in [0.5, 0.6) is 11.5 Å². The maximum Gasteiger partial charge on any atom is 0.161 e. The van der Waals surface area contributed by atoms with E-state index in [4.69, 9.17) is 14.2 Å². The first-order valence-corrected chi connectivity index (χ1v) is 8.95. The van der Waals surface area contributed by atoms with E-state index in [0.717, 1.165) is 37.4 Å². The summed E-state index contributed by atoms with van der Waals surface area (Å²) in [4.78, 5) is 0. The third-order valence-electron chi connectivity index (χ3n) is 3.91. The van der Waals surface area contributed by atoms with Gasteiger partial charge in [0.2, 0.25) is 0 Å². The number of methoxy groups -OCH3 is 1. The van der Waals surface area contributed by atoms with E-state index in [2.05, 4.69) is 41.7 Å². The van der Waals surface area contributed by atoms with E-state index in [-0.39, 0.29) is 0 Å². The lowest BCUT2D eigenvalue weighted by atomic mass is 10.1. The number of ether oxygens (including phenoxy) is 3. The highest BCUT2D eigenvalue weighted by Gasteiger charge is 2.06. The maximum atomic E-state index is 5.71. The summed E-state index contributed by atoms with van der Waals surface area (Å²) >= 11 is 0. The predicted molar refractivity (Wildman–Crippen MR) is 101 cm³/mol. The molecular weight excluding hydrogens is 314 g/mol. The van der Waals surface area contributed by atoms with Crippen LogP contribution in [0, 0.1) is 0 Å². The monoisotopic (exact) mass is 343 g/mol. The van der Waals surface area contributed by atoms with Crippen molar-refractivity contribution in [3.63, 3.8) is 0 Å². The zero-order valence-corrected chi connectivity index (χ0v) is 15.3. The van der Waals surface area contributed by atoms with Gasteiger partial charge in [-0.3, -0.25) is 0 Å². The third kappa shape index (κ3) is 7.16. The van der Waals surface area contributed by atoms with Gasteiger partial charge in [-0.05, 0) is 49.6 Å². The molecular formula is C21H29NO3. The van der Waals surface area contributed by atoms with Crippen LogP contribution in [0.2, 0.25) is 0 Å². The van der Waals surface area contributed by atoms with Gasteiger partial charge in [0.1, 0.15) is 6.61 Å². The van der Waals surface area contributed by atoms with Gasteiger partial charge in [-0.15, -0.1) is 0 Å². The largest absolute Gasteiger partial charge is 0.493 e. The molecule has 4 nitrogen and oxygen atoms in total. The Morgan fingerprint density at radius 1 is 0.920 bits per heavy atom. The Morgan fingerprint density at radius 3 is 2.52 bits per heavy atom. The minimum atomic E-state index is 0.529. The van der Waals surface area contributed by atoms with Gasteiger partial charge in [0.05, 0.1) is 13.7 Å². The quantitative estimate of drug-likeness (QED) is 0.595. The van der Waals surface area contributed by atoms with E-state index in [1.165, 1.54) is 11.1 Å². The van der Waals surface area contributed by atoms with Gasteiger partial charge >= 0.3 is 0 Å². The lowest BCUT2D eigenvalue weighted by Crippen LogP contribution is -2.15. The summed E-state index contributed by atoms with van der Waals surface area (Å²) in [5.41, 5.74) is 2.58. The topological polar surface area (TPSA) is 39.7 Å². The number of aryl methyl sites for hydroxylation is 1. The van der Waals surface area contributed by atoms with Crippen LogP contribution in [0.25, 0.3) is 0 Å². The molecule has 0 aliphatic heterocycles. The Hall–Kier alpha value is -2.04. The fourth-order valence-electron chi connectivity index (χ4n) is 2.59. The summed E-state index contributed by atoms with van der Waals surface area (Å²) in [5, 5.41) is 3.49. The molecule has 2 aromatic rings. The molecule has 0 amide bonds. The first kappa shape index (κ1) is 19.3. The van der Waals surface area contributed by atoms with Gasteiger partial charge in [0, 0.05) is 13.2 Å². The Kier molecular flexibility index (Phi) is 8.87. The molecule has 0 fully saturated rings. The van der Waals surface area contributed by atoms with Crippen molar-refractivity contribution >= 4 is 0 Å². The van der Waals surface area contributed by atoms with E-state index in [0.29, 0.717) is 19.8 Å². The van der Waals surface area contributed by atoms with E-state index in [1.807, 2.05) is 19.1 Å². The average molecular weight is 343 g/mol. The predicted octanol–water partition coefficient (Wildman–Crippen LogP) is 3.83. The lowest BCUT2D eigenvalue weighted by molar-refractivity contribution is 0.109. The van der Waals surface area contributed by atoms with Crippen LogP contribution in [0.3, 0.4) is 0 Å². The van der Waals surface area contributed by atoms with Crippen molar-refractivity contribution < 1.29 is 14.2 Å². The van der Waals surface area contributed by atoms with Gasteiger partial charge in [-0.1, -0.05) is 36.4 Å². The molecule has 0 bridgehead atoms. The van der Waals surface area contributed by atoms with Crippen LogP contribution in [0.1, 0.15) is 24.5 Å². The first-order valence-electron chi connectivity index (χ1n) is 8.95. The normalized spacial score (nSPS) is 10.6. The molecule has 0 radical (unpaired) electrons. The van der Waals surface area contributed by atoms with Crippen molar-refractivity contribution in [3.05, 3.63) is 59.7 Å². The second kappa shape index (κ2) is 11.5. The van der Waals surface area contributed by atoms with E-state index in [9.17, 15) is 0 Å². The van der Waals surface area contributed by atoms with Crippen molar-refractivity contribution in [1.29, 1.82) is 0 Å². The third-order valence-corrected chi connectivity index (χ3v) is 3.91. The van der Waals surface area contributed by atoms with Crippen molar-refractivity contribution in [1.82, 2.24) is 5.32 Å². The summed E-state index contributed by atoms with van der Waals surface area (Å²) in [6.45, 7) is 5.61. The SMILES string of the molecule is CCOCCOc1ccc(CNCCCc2ccccc2)cc1OC. The van der Waals surface area contributed by atoms with Crippen LogP contribution in [0.4, 0.5) is 0 Å². The molecule has 25 heavy (non-hydrogen) atoms. The van der Waals surface area contributed by atoms with Crippen LogP contribution < -0.4 is 14.8 Å². The summed E-state index contributed by atoms with van der Waals surface area (Å²) in [7, 11) is 1.67. The van der Waals surface area contributed by atoms with Gasteiger partial charge in [0.25, 0.3) is 0 Å². The highest BCUT2D eigenvalue weighted by atomic mass is 16.5. The highest BCUT2D eigenvalue weighted by molar-refractivity contribution is 5.42. The Labute approximate surface area is 151 Å². The van der Waals surface area contributed by atoms with Crippen LogP contribution in [-0.2, 0) is 17.7 Å². The molecule has 0 aliphatic rings. The zero-order chi connectivity index (χ0) is 17.7. The van der Waals surface area contributed by atoms with E-state index < -0.39 is 0 Å². The van der Waals surface area contributed by atoms with Crippen molar-refractivity contribution in [3.8, 4) is 11.5 Å². The molecule has 0 aliphatic carbocycles. The molecule has 136 valence electrons. The summed E-state index contributed by atoms with van der Waals surface area (Å²) in [5.74, 6) is 1.52. The van der Waals surface area contributed by atoms with Crippen molar-refractivity contribution in [2.75, 3.05) is 33.5 Å². The fourth-order valence-corrected chi connectivity index (χ4v) is 2.59. The number of hydrogen-bond donors (Lipinski definition) is 1. The summed E-state index contributed by atoms with van der Waals surface area (Å²) in [6.07, 6.45) is 2.23. The summed E-state index contributed by atoms with van der Waals surface area (Å²) in [6, 6.07) is 16.7. The van der Waals surface area contributed by atoms with Crippen LogP contribution in [0.15, 0.2) is 48.5 Å². The van der Waals surface area contributed by atoms with E-state index >= 15 is 0 Å². The van der Waals surface area contributed by atoms with Gasteiger partial charge in [-0.25, -0.2) is 0 Å². The molecule has 0 unspecified atom stereocenters. The number of benzene rings is 2. The van der Waals surface area contributed by atoms with Gasteiger partial charge < -0.3 is 19.5 Å². The molecule has 0 heterocycles. The molecule has 0 spiro atoms. The van der Waals surface area contributed by atoms with Crippen LogP contribution >= 0.6 is 0 Å². The molecule has 0 aromatic heterocycles. The second-order valence-electron chi connectivity index (χ2n) is 5.80. The second-order valence-corrected chi connectivity index (χ2v) is 5.80. The van der Waals surface area contributed by atoms with E-state index in [1.54, 1.807) is 7.11 Å². The summed E-state index contributed by atoms with van der Waals surface area (Å²) < 4.78 is 16.4. The minimum absolute atomic E-state index is 0.529. The molecule has 2 rings (SSSR count). The number of nitrogens with one attached hydrogen (secondary N) is 1. The van der Waals surface area contributed by atoms with Crippen molar-refractivity contribution in [2.24, 2.45) is 0 Å². The zero-order valence-electron chi connectivity index (χ0n) is 15.3.